The molecule has 0 bridgehead atoms. The molecule has 2 heterocycles. The van der Waals surface area contributed by atoms with Crippen molar-refractivity contribution in [3.05, 3.63) is 69.9 Å². The van der Waals surface area contributed by atoms with Crippen LogP contribution in [-0.2, 0) is 6.42 Å². The standard InChI is InChI=1S/C17H19NS/c1-3-9-18-10-7-16-15(8-11-19-16)17(18)14-6-4-5-13(2)12-14/h3-6,8,11-12,17H,1,7,9-10H2,2H3. The van der Waals surface area contributed by atoms with E-state index in [1.807, 2.05) is 17.4 Å². The van der Waals surface area contributed by atoms with E-state index in [0.29, 0.717) is 6.04 Å². The molecule has 98 valence electrons. The third-order valence-electron chi connectivity index (χ3n) is 3.79. The minimum atomic E-state index is 0.396. The summed E-state index contributed by atoms with van der Waals surface area (Å²) in [6, 6.07) is 11.6. The maximum absolute atomic E-state index is 3.91. The van der Waals surface area contributed by atoms with Crippen LogP contribution in [0.5, 0.6) is 0 Å². The third kappa shape index (κ3) is 2.38. The van der Waals surface area contributed by atoms with Crippen LogP contribution in [0.3, 0.4) is 0 Å². The Morgan fingerprint density at radius 2 is 2.32 bits per heavy atom. The van der Waals surface area contributed by atoms with E-state index >= 15 is 0 Å². The highest BCUT2D eigenvalue weighted by Gasteiger charge is 2.28. The summed E-state index contributed by atoms with van der Waals surface area (Å²) in [6.07, 6.45) is 3.18. The van der Waals surface area contributed by atoms with Gasteiger partial charge in [-0.05, 0) is 35.9 Å². The zero-order valence-corrected chi connectivity index (χ0v) is 12.1. The lowest BCUT2D eigenvalue weighted by Gasteiger charge is -2.35. The number of thiophene rings is 1. The molecule has 0 saturated carbocycles. The minimum Gasteiger partial charge on any atom is -0.288 e. The molecule has 0 N–H and O–H groups in total. The van der Waals surface area contributed by atoms with Gasteiger partial charge in [0, 0.05) is 18.0 Å². The Morgan fingerprint density at radius 1 is 1.42 bits per heavy atom. The van der Waals surface area contributed by atoms with Crippen LogP contribution in [0.15, 0.2) is 48.4 Å². The normalized spacial score (nSPS) is 19.1. The first-order valence-corrected chi connectivity index (χ1v) is 7.65. The van der Waals surface area contributed by atoms with Crippen molar-refractivity contribution in [2.45, 2.75) is 19.4 Å². The molecule has 0 amide bonds. The summed E-state index contributed by atoms with van der Waals surface area (Å²) >= 11 is 1.90. The first kappa shape index (κ1) is 12.6. The second-order valence-electron chi connectivity index (χ2n) is 5.15. The molecule has 19 heavy (non-hydrogen) atoms. The minimum absolute atomic E-state index is 0.396. The largest absolute Gasteiger partial charge is 0.288 e. The van der Waals surface area contributed by atoms with Crippen LogP contribution in [0.2, 0.25) is 0 Å². The van der Waals surface area contributed by atoms with Gasteiger partial charge in [0.2, 0.25) is 0 Å². The summed E-state index contributed by atoms with van der Waals surface area (Å²) in [5.41, 5.74) is 4.23. The van der Waals surface area contributed by atoms with Gasteiger partial charge in [-0.2, -0.15) is 0 Å². The summed E-state index contributed by atoms with van der Waals surface area (Å²) < 4.78 is 0. The number of fused-ring (bicyclic) bond motifs is 1. The molecule has 1 unspecified atom stereocenters. The lowest BCUT2D eigenvalue weighted by Crippen LogP contribution is -2.35. The van der Waals surface area contributed by atoms with Crippen LogP contribution in [0.4, 0.5) is 0 Å². The highest BCUT2D eigenvalue weighted by atomic mass is 32.1. The number of aryl methyl sites for hydroxylation is 1. The van der Waals surface area contributed by atoms with E-state index in [0.717, 1.165) is 13.1 Å². The molecular formula is C17H19NS. The Morgan fingerprint density at radius 3 is 3.11 bits per heavy atom. The van der Waals surface area contributed by atoms with Gasteiger partial charge < -0.3 is 0 Å². The Hall–Kier alpha value is -1.38. The fourth-order valence-corrected chi connectivity index (χ4v) is 3.87. The maximum atomic E-state index is 3.91. The zero-order valence-electron chi connectivity index (χ0n) is 11.3. The molecule has 1 aliphatic rings. The number of benzene rings is 1. The average molecular weight is 269 g/mol. The van der Waals surface area contributed by atoms with E-state index in [9.17, 15) is 0 Å². The number of nitrogens with zero attached hydrogens (tertiary/aromatic N) is 1. The van der Waals surface area contributed by atoms with Crippen LogP contribution in [0, 0.1) is 6.92 Å². The summed E-state index contributed by atoms with van der Waals surface area (Å²) in [5.74, 6) is 0. The highest BCUT2D eigenvalue weighted by Crippen LogP contribution is 2.37. The van der Waals surface area contributed by atoms with E-state index in [1.165, 1.54) is 23.1 Å². The average Bonchev–Trinajstić information content (AvgIpc) is 2.87. The highest BCUT2D eigenvalue weighted by molar-refractivity contribution is 7.10. The Kier molecular flexibility index (Phi) is 3.54. The molecule has 1 aromatic heterocycles. The Bertz CT molecular complexity index is 584. The first-order valence-electron chi connectivity index (χ1n) is 6.77. The summed E-state index contributed by atoms with van der Waals surface area (Å²) in [7, 11) is 0. The van der Waals surface area contributed by atoms with E-state index in [4.69, 9.17) is 0 Å². The molecule has 2 heteroatoms. The van der Waals surface area contributed by atoms with Crippen molar-refractivity contribution in [2.75, 3.05) is 13.1 Å². The summed E-state index contributed by atoms with van der Waals surface area (Å²) in [6.45, 7) is 8.15. The Labute approximate surface area is 119 Å². The number of rotatable bonds is 3. The molecule has 2 aromatic rings. The smallest absolute Gasteiger partial charge is 0.0615 e. The summed E-state index contributed by atoms with van der Waals surface area (Å²) in [5, 5.41) is 2.23. The van der Waals surface area contributed by atoms with Crippen molar-refractivity contribution in [2.24, 2.45) is 0 Å². The third-order valence-corrected chi connectivity index (χ3v) is 4.78. The van der Waals surface area contributed by atoms with Gasteiger partial charge in [-0.25, -0.2) is 0 Å². The molecule has 1 atom stereocenters. The van der Waals surface area contributed by atoms with Crippen LogP contribution >= 0.6 is 11.3 Å². The molecule has 0 aliphatic carbocycles. The Balaban J connectivity index is 2.06. The van der Waals surface area contributed by atoms with Gasteiger partial charge in [0.25, 0.3) is 0 Å². The van der Waals surface area contributed by atoms with Crippen molar-refractivity contribution in [3.63, 3.8) is 0 Å². The van der Waals surface area contributed by atoms with Crippen molar-refractivity contribution >= 4 is 11.3 Å². The second-order valence-corrected chi connectivity index (χ2v) is 6.15. The maximum Gasteiger partial charge on any atom is 0.0615 e. The van der Waals surface area contributed by atoms with E-state index in [-0.39, 0.29) is 0 Å². The van der Waals surface area contributed by atoms with Gasteiger partial charge in [-0.3, -0.25) is 4.90 Å². The molecule has 1 aliphatic heterocycles. The van der Waals surface area contributed by atoms with Crippen molar-refractivity contribution < 1.29 is 0 Å². The van der Waals surface area contributed by atoms with Gasteiger partial charge in [-0.1, -0.05) is 35.9 Å². The molecule has 3 rings (SSSR count). The monoisotopic (exact) mass is 269 g/mol. The van der Waals surface area contributed by atoms with E-state index < -0.39 is 0 Å². The fourth-order valence-electron chi connectivity index (χ4n) is 2.96. The van der Waals surface area contributed by atoms with Crippen LogP contribution in [0.25, 0.3) is 0 Å². The molecular weight excluding hydrogens is 250 g/mol. The molecule has 1 nitrogen and oxygen atoms in total. The molecule has 0 saturated heterocycles. The molecule has 0 spiro atoms. The fraction of sp³-hybridized carbons (Fsp3) is 0.294. The van der Waals surface area contributed by atoms with Crippen LogP contribution in [0.1, 0.15) is 27.6 Å². The van der Waals surface area contributed by atoms with Gasteiger partial charge in [-0.15, -0.1) is 17.9 Å². The van der Waals surface area contributed by atoms with Gasteiger partial charge >= 0.3 is 0 Å². The van der Waals surface area contributed by atoms with E-state index in [2.05, 4.69) is 54.1 Å². The lowest BCUT2D eigenvalue weighted by molar-refractivity contribution is 0.239. The molecule has 0 fully saturated rings. The van der Waals surface area contributed by atoms with E-state index in [1.54, 1.807) is 4.88 Å². The van der Waals surface area contributed by atoms with Crippen molar-refractivity contribution in [1.29, 1.82) is 0 Å². The van der Waals surface area contributed by atoms with Crippen molar-refractivity contribution in [3.8, 4) is 0 Å². The van der Waals surface area contributed by atoms with Gasteiger partial charge in [0.1, 0.15) is 0 Å². The van der Waals surface area contributed by atoms with Gasteiger partial charge in [0.05, 0.1) is 6.04 Å². The zero-order chi connectivity index (χ0) is 13.2. The summed E-state index contributed by atoms with van der Waals surface area (Å²) in [4.78, 5) is 4.07. The number of hydrogen-bond acceptors (Lipinski definition) is 2. The predicted molar refractivity (Wildman–Crippen MR) is 82.8 cm³/mol. The van der Waals surface area contributed by atoms with Crippen LogP contribution < -0.4 is 0 Å². The van der Waals surface area contributed by atoms with Gasteiger partial charge in [0.15, 0.2) is 0 Å². The molecule has 0 radical (unpaired) electrons. The molecule has 1 aromatic carbocycles. The first-order chi connectivity index (χ1) is 9.29. The predicted octanol–water partition coefficient (Wildman–Crippen LogP) is 4.19. The van der Waals surface area contributed by atoms with Crippen molar-refractivity contribution in [1.82, 2.24) is 4.90 Å². The quantitative estimate of drug-likeness (QED) is 0.755. The SMILES string of the molecule is C=CCN1CCc2sccc2C1c1cccc(C)c1. The number of hydrogen-bond donors (Lipinski definition) is 0. The topological polar surface area (TPSA) is 3.24 Å². The lowest BCUT2D eigenvalue weighted by atomic mass is 9.92. The van der Waals surface area contributed by atoms with Crippen LogP contribution in [-0.4, -0.2) is 18.0 Å². The second kappa shape index (κ2) is 5.32.